The zero-order valence-electron chi connectivity index (χ0n) is 17.2. The van der Waals surface area contributed by atoms with Gasteiger partial charge < -0.3 is 19.9 Å². The van der Waals surface area contributed by atoms with Gasteiger partial charge in [-0.3, -0.25) is 0 Å². The summed E-state index contributed by atoms with van der Waals surface area (Å²) in [6, 6.07) is 17.0. The number of hydrogen-bond donors (Lipinski definition) is 2. The van der Waals surface area contributed by atoms with E-state index in [1.165, 1.54) is 5.56 Å². The van der Waals surface area contributed by atoms with E-state index in [1.54, 1.807) is 25.3 Å². The number of aromatic carboxylic acids is 1. The Morgan fingerprint density at radius 2 is 1.87 bits per heavy atom. The summed E-state index contributed by atoms with van der Waals surface area (Å²) in [7, 11) is 1.61. The highest BCUT2D eigenvalue weighted by Crippen LogP contribution is 2.34. The van der Waals surface area contributed by atoms with Crippen LogP contribution in [0.5, 0.6) is 11.5 Å². The summed E-state index contributed by atoms with van der Waals surface area (Å²) in [4.78, 5) is 11.2. The predicted molar refractivity (Wildman–Crippen MR) is 122 cm³/mol. The van der Waals surface area contributed by atoms with Gasteiger partial charge in [-0.2, -0.15) is 0 Å². The predicted octanol–water partition coefficient (Wildman–Crippen LogP) is 5.96. The molecule has 0 unspecified atom stereocenters. The Hall–Kier alpha value is -2.99. The Morgan fingerprint density at radius 3 is 2.57 bits per heavy atom. The summed E-state index contributed by atoms with van der Waals surface area (Å²) in [6.07, 6.45) is 0. The lowest BCUT2D eigenvalue weighted by molar-refractivity contribution is 0.0697. The molecule has 0 amide bonds. The highest BCUT2D eigenvalue weighted by Gasteiger charge is 2.12. The van der Waals surface area contributed by atoms with E-state index in [1.807, 2.05) is 31.2 Å². The van der Waals surface area contributed by atoms with Crippen LogP contribution in [0.4, 0.5) is 5.69 Å². The van der Waals surface area contributed by atoms with Crippen molar-refractivity contribution in [3.8, 4) is 11.5 Å². The fraction of sp³-hybridized carbons (Fsp3) is 0.208. The molecule has 0 aliphatic carbocycles. The number of methoxy groups -OCH3 is 1. The first-order chi connectivity index (χ1) is 14.4. The average Bonchev–Trinajstić information content (AvgIpc) is 2.72. The van der Waals surface area contributed by atoms with E-state index in [0.29, 0.717) is 24.7 Å². The molecule has 0 saturated carbocycles. The van der Waals surface area contributed by atoms with E-state index >= 15 is 0 Å². The number of halogens is 1. The van der Waals surface area contributed by atoms with Crippen LogP contribution in [0.3, 0.4) is 0 Å². The van der Waals surface area contributed by atoms with Crippen molar-refractivity contribution in [2.45, 2.75) is 27.0 Å². The maximum atomic E-state index is 11.2. The molecule has 0 radical (unpaired) electrons. The van der Waals surface area contributed by atoms with Crippen LogP contribution in [0, 0.1) is 13.8 Å². The molecule has 0 spiro atoms. The number of aryl methyl sites for hydroxylation is 2. The molecule has 6 heteroatoms. The molecule has 30 heavy (non-hydrogen) atoms. The van der Waals surface area contributed by atoms with Crippen LogP contribution in [-0.4, -0.2) is 18.2 Å². The summed E-state index contributed by atoms with van der Waals surface area (Å²) < 4.78 is 12.4. The summed E-state index contributed by atoms with van der Waals surface area (Å²) in [5.41, 5.74) is 5.25. The first-order valence-corrected chi connectivity index (χ1v) is 10.3. The van der Waals surface area contributed by atoms with E-state index < -0.39 is 5.97 Å². The molecule has 3 aromatic rings. The van der Waals surface area contributed by atoms with Crippen LogP contribution in [0.1, 0.15) is 32.6 Å². The molecule has 0 bridgehead atoms. The van der Waals surface area contributed by atoms with E-state index in [0.717, 1.165) is 26.9 Å². The van der Waals surface area contributed by atoms with Crippen LogP contribution in [0.2, 0.25) is 0 Å². The minimum atomic E-state index is -0.948. The fourth-order valence-electron chi connectivity index (χ4n) is 3.08. The molecule has 5 nitrogen and oxygen atoms in total. The third-order valence-corrected chi connectivity index (χ3v) is 5.50. The second-order valence-electron chi connectivity index (χ2n) is 7.06. The normalized spacial score (nSPS) is 10.5. The van der Waals surface area contributed by atoms with Crippen molar-refractivity contribution in [1.82, 2.24) is 0 Å². The number of anilines is 1. The minimum absolute atomic E-state index is 0.250. The SMILES string of the molecule is COc1cc(CNc2cc(C(=O)O)ccc2C)c(Br)cc1OCc1cccc(C)c1. The standard InChI is InChI=1S/C24H24BrNO4/c1-15-5-4-6-17(9-15)14-30-23-12-20(25)19(11-22(23)29-3)13-26-21-10-18(24(27)28)8-7-16(21)2/h4-12,26H,13-14H2,1-3H3,(H,27,28). The third-order valence-electron chi connectivity index (χ3n) is 4.76. The van der Waals surface area contributed by atoms with Crippen molar-refractivity contribution < 1.29 is 19.4 Å². The van der Waals surface area contributed by atoms with Gasteiger partial charge in [-0.05, 0) is 54.8 Å². The number of carboxylic acids is 1. The number of rotatable bonds is 8. The molecule has 0 saturated heterocycles. The van der Waals surface area contributed by atoms with Gasteiger partial charge in [0.1, 0.15) is 6.61 Å². The number of carbonyl (C=O) groups is 1. The van der Waals surface area contributed by atoms with Crippen LogP contribution in [0.15, 0.2) is 59.1 Å². The number of ether oxygens (including phenoxy) is 2. The zero-order chi connectivity index (χ0) is 21.7. The van der Waals surface area contributed by atoms with E-state index in [4.69, 9.17) is 9.47 Å². The van der Waals surface area contributed by atoms with Gasteiger partial charge in [-0.1, -0.05) is 51.8 Å². The monoisotopic (exact) mass is 469 g/mol. The Balaban J connectivity index is 1.75. The molecular weight excluding hydrogens is 446 g/mol. The number of benzene rings is 3. The lowest BCUT2D eigenvalue weighted by atomic mass is 10.1. The Labute approximate surface area is 184 Å². The summed E-state index contributed by atoms with van der Waals surface area (Å²) in [6.45, 7) is 4.93. The molecule has 0 aliphatic rings. The molecule has 0 aromatic heterocycles. The van der Waals surface area contributed by atoms with Crippen molar-refractivity contribution in [3.05, 3.63) is 86.9 Å². The largest absolute Gasteiger partial charge is 0.493 e. The summed E-state index contributed by atoms with van der Waals surface area (Å²) >= 11 is 3.61. The van der Waals surface area contributed by atoms with Gasteiger partial charge in [0.15, 0.2) is 11.5 Å². The minimum Gasteiger partial charge on any atom is -0.493 e. The first-order valence-electron chi connectivity index (χ1n) is 9.50. The highest BCUT2D eigenvalue weighted by molar-refractivity contribution is 9.10. The Bertz CT molecular complexity index is 1070. The molecule has 0 fully saturated rings. The lowest BCUT2D eigenvalue weighted by Gasteiger charge is -2.16. The molecule has 156 valence electrons. The number of hydrogen-bond acceptors (Lipinski definition) is 4. The van der Waals surface area contributed by atoms with E-state index in [9.17, 15) is 9.90 Å². The molecule has 0 atom stereocenters. The maximum Gasteiger partial charge on any atom is 0.335 e. The second-order valence-corrected chi connectivity index (χ2v) is 7.91. The van der Waals surface area contributed by atoms with Gasteiger partial charge in [0.25, 0.3) is 0 Å². The van der Waals surface area contributed by atoms with Gasteiger partial charge in [0.05, 0.1) is 12.7 Å². The topological polar surface area (TPSA) is 67.8 Å². The number of carboxylic acid groups (broad SMARTS) is 1. The average molecular weight is 470 g/mol. The van der Waals surface area contributed by atoms with Crippen LogP contribution in [-0.2, 0) is 13.2 Å². The summed E-state index contributed by atoms with van der Waals surface area (Å²) in [5.74, 6) is 0.341. The maximum absolute atomic E-state index is 11.2. The molecule has 0 aliphatic heterocycles. The lowest BCUT2D eigenvalue weighted by Crippen LogP contribution is -2.05. The fourth-order valence-corrected chi connectivity index (χ4v) is 3.55. The van der Waals surface area contributed by atoms with Crippen molar-refractivity contribution in [1.29, 1.82) is 0 Å². The van der Waals surface area contributed by atoms with Crippen LogP contribution >= 0.6 is 15.9 Å². The molecule has 0 heterocycles. The van der Waals surface area contributed by atoms with Crippen molar-refractivity contribution >= 4 is 27.6 Å². The zero-order valence-corrected chi connectivity index (χ0v) is 18.7. The van der Waals surface area contributed by atoms with Gasteiger partial charge in [-0.15, -0.1) is 0 Å². The molecule has 3 rings (SSSR count). The van der Waals surface area contributed by atoms with Gasteiger partial charge in [0.2, 0.25) is 0 Å². The first kappa shape index (κ1) is 21.7. The van der Waals surface area contributed by atoms with E-state index in [2.05, 4.69) is 40.3 Å². The highest BCUT2D eigenvalue weighted by atomic mass is 79.9. The van der Waals surface area contributed by atoms with Crippen molar-refractivity contribution in [3.63, 3.8) is 0 Å². The number of nitrogens with one attached hydrogen (secondary N) is 1. The van der Waals surface area contributed by atoms with Crippen LogP contribution < -0.4 is 14.8 Å². The van der Waals surface area contributed by atoms with Crippen LogP contribution in [0.25, 0.3) is 0 Å². The Kier molecular flexibility index (Phi) is 7.00. The van der Waals surface area contributed by atoms with Gasteiger partial charge >= 0.3 is 5.97 Å². The van der Waals surface area contributed by atoms with Gasteiger partial charge in [-0.25, -0.2) is 4.79 Å². The smallest absolute Gasteiger partial charge is 0.335 e. The molecular formula is C24H24BrNO4. The Morgan fingerprint density at radius 1 is 1.07 bits per heavy atom. The summed E-state index contributed by atoms with van der Waals surface area (Å²) in [5, 5.41) is 12.5. The second kappa shape index (κ2) is 9.67. The molecule has 2 N–H and O–H groups in total. The molecule has 3 aromatic carbocycles. The van der Waals surface area contributed by atoms with Gasteiger partial charge in [0, 0.05) is 16.7 Å². The van der Waals surface area contributed by atoms with Crippen molar-refractivity contribution in [2.24, 2.45) is 0 Å². The van der Waals surface area contributed by atoms with Crippen molar-refractivity contribution in [2.75, 3.05) is 12.4 Å². The van der Waals surface area contributed by atoms with E-state index in [-0.39, 0.29) is 5.56 Å². The third kappa shape index (κ3) is 5.33. The quantitative estimate of drug-likeness (QED) is 0.425.